The minimum atomic E-state index is -0.179. The molecule has 1 aromatic heterocycles. The van der Waals surface area contributed by atoms with Gasteiger partial charge in [0.1, 0.15) is 10.7 Å². The van der Waals surface area contributed by atoms with E-state index in [4.69, 9.17) is 18.0 Å². The first-order valence-electron chi connectivity index (χ1n) is 5.36. The third-order valence-corrected chi connectivity index (χ3v) is 3.02. The first kappa shape index (κ1) is 11.3. The highest BCUT2D eigenvalue weighted by molar-refractivity contribution is 7.80. The van der Waals surface area contributed by atoms with Crippen molar-refractivity contribution in [1.82, 2.24) is 4.98 Å². The summed E-state index contributed by atoms with van der Waals surface area (Å²) in [6, 6.07) is 3.85. The number of anilines is 1. The van der Waals surface area contributed by atoms with Gasteiger partial charge in [-0.2, -0.15) is 0 Å². The fourth-order valence-electron chi connectivity index (χ4n) is 1.95. The number of aliphatic hydroxyl groups excluding tert-OH is 1. The molecule has 3 N–H and O–H groups in total. The zero-order valence-electron chi connectivity index (χ0n) is 8.97. The van der Waals surface area contributed by atoms with Gasteiger partial charge in [-0.25, -0.2) is 0 Å². The summed E-state index contributed by atoms with van der Waals surface area (Å²) in [6.07, 6.45) is 3.08. The predicted octanol–water partition coefficient (Wildman–Crippen LogP) is 0.677. The van der Waals surface area contributed by atoms with Crippen LogP contribution in [-0.2, 0) is 0 Å². The molecule has 0 saturated carbocycles. The quantitative estimate of drug-likeness (QED) is 0.741. The zero-order valence-corrected chi connectivity index (χ0v) is 9.78. The van der Waals surface area contributed by atoms with Crippen LogP contribution in [0.25, 0.3) is 0 Å². The monoisotopic (exact) mass is 237 g/mol. The third kappa shape index (κ3) is 2.31. The van der Waals surface area contributed by atoms with E-state index < -0.39 is 0 Å². The van der Waals surface area contributed by atoms with Gasteiger partial charge in [-0.15, -0.1) is 0 Å². The molecule has 0 bridgehead atoms. The molecule has 1 fully saturated rings. The maximum atomic E-state index is 9.46. The molecule has 0 radical (unpaired) electrons. The van der Waals surface area contributed by atoms with Crippen molar-refractivity contribution in [1.29, 1.82) is 0 Å². The molecule has 2 heterocycles. The van der Waals surface area contributed by atoms with Gasteiger partial charge in [-0.05, 0) is 25.0 Å². The van der Waals surface area contributed by atoms with Crippen molar-refractivity contribution in [2.24, 2.45) is 5.73 Å². The summed E-state index contributed by atoms with van der Waals surface area (Å²) in [5.41, 5.74) is 7.29. The Morgan fingerprint density at radius 1 is 1.50 bits per heavy atom. The van der Waals surface area contributed by atoms with Crippen LogP contribution in [0, 0.1) is 0 Å². The molecule has 0 unspecified atom stereocenters. The number of pyridine rings is 1. The van der Waals surface area contributed by atoms with E-state index in [1.165, 1.54) is 0 Å². The number of aliphatic hydroxyl groups is 1. The number of hydrogen-bond donors (Lipinski definition) is 2. The number of nitrogens with zero attached hydrogens (tertiary/aromatic N) is 2. The fraction of sp³-hybridized carbons (Fsp3) is 0.455. The van der Waals surface area contributed by atoms with E-state index in [1.54, 1.807) is 6.20 Å². The van der Waals surface area contributed by atoms with Crippen molar-refractivity contribution in [3.8, 4) is 0 Å². The van der Waals surface area contributed by atoms with Crippen LogP contribution in [-0.4, -0.2) is 34.3 Å². The van der Waals surface area contributed by atoms with E-state index in [0.717, 1.165) is 31.6 Å². The maximum absolute atomic E-state index is 9.46. The Hall–Kier alpha value is -1.20. The molecule has 0 amide bonds. The molecular formula is C11H15N3OS. The molecule has 0 aromatic carbocycles. The van der Waals surface area contributed by atoms with Crippen LogP contribution in [0.3, 0.4) is 0 Å². The Morgan fingerprint density at radius 3 is 2.81 bits per heavy atom. The fourth-order valence-corrected chi connectivity index (χ4v) is 2.11. The van der Waals surface area contributed by atoms with Gasteiger partial charge in [-0.1, -0.05) is 12.2 Å². The van der Waals surface area contributed by atoms with Gasteiger partial charge >= 0.3 is 0 Å². The molecule has 4 nitrogen and oxygen atoms in total. The van der Waals surface area contributed by atoms with Crippen molar-refractivity contribution < 1.29 is 5.11 Å². The van der Waals surface area contributed by atoms with Crippen LogP contribution in [0.1, 0.15) is 18.5 Å². The second-order valence-electron chi connectivity index (χ2n) is 3.95. The molecule has 5 heteroatoms. The number of rotatable bonds is 2. The molecule has 0 spiro atoms. The molecule has 16 heavy (non-hydrogen) atoms. The third-order valence-electron chi connectivity index (χ3n) is 2.82. The Balaban J connectivity index is 2.23. The second kappa shape index (κ2) is 4.76. The van der Waals surface area contributed by atoms with E-state index in [9.17, 15) is 5.11 Å². The van der Waals surface area contributed by atoms with Gasteiger partial charge in [0.05, 0.1) is 11.8 Å². The SMILES string of the molecule is NC(=S)c1ncccc1N1CCC(O)CC1. The van der Waals surface area contributed by atoms with E-state index >= 15 is 0 Å². The van der Waals surface area contributed by atoms with E-state index in [1.807, 2.05) is 12.1 Å². The molecule has 1 aliphatic heterocycles. The smallest absolute Gasteiger partial charge is 0.124 e. The largest absolute Gasteiger partial charge is 0.393 e. The summed E-state index contributed by atoms with van der Waals surface area (Å²) >= 11 is 4.98. The molecule has 1 saturated heterocycles. The van der Waals surface area contributed by atoms with Gasteiger partial charge in [0.15, 0.2) is 0 Å². The molecule has 2 rings (SSSR count). The van der Waals surface area contributed by atoms with Gasteiger partial charge in [0, 0.05) is 19.3 Å². The lowest BCUT2D eigenvalue weighted by atomic mass is 10.1. The predicted molar refractivity (Wildman–Crippen MR) is 67.6 cm³/mol. The Bertz CT molecular complexity index is 389. The van der Waals surface area contributed by atoms with Crippen LogP contribution < -0.4 is 10.6 Å². The highest BCUT2D eigenvalue weighted by atomic mass is 32.1. The summed E-state index contributed by atoms with van der Waals surface area (Å²) in [7, 11) is 0. The lowest BCUT2D eigenvalue weighted by molar-refractivity contribution is 0.145. The average molecular weight is 237 g/mol. The Kier molecular flexibility index (Phi) is 3.36. The Morgan fingerprint density at radius 2 is 2.19 bits per heavy atom. The van der Waals surface area contributed by atoms with Crippen LogP contribution in [0.5, 0.6) is 0 Å². The van der Waals surface area contributed by atoms with Crippen molar-refractivity contribution in [3.05, 3.63) is 24.0 Å². The normalized spacial score (nSPS) is 17.4. The van der Waals surface area contributed by atoms with Crippen LogP contribution in [0.4, 0.5) is 5.69 Å². The van der Waals surface area contributed by atoms with Gasteiger partial charge < -0.3 is 15.7 Å². The lowest BCUT2D eigenvalue weighted by Gasteiger charge is -2.32. The number of thiocarbonyl (C=S) groups is 1. The van der Waals surface area contributed by atoms with Crippen molar-refractivity contribution >= 4 is 22.9 Å². The molecule has 86 valence electrons. The average Bonchev–Trinajstić information content (AvgIpc) is 2.30. The summed E-state index contributed by atoms with van der Waals surface area (Å²) in [6.45, 7) is 1.64. The summed E-state index contributed by atoms with van der Waals surface area (Å²) < 4.78 is 0. The van der Waals surface area contributed by atoms with Crippen LogP contribution >= 0.6 is 12.2 Å². The minimum absolute atomic E-state index is 0.179. The summed E-state index contributed by atoms with van der Waals surface area (Å²) in [5, 5.41) is 9.46. The maximum Gasteiger partial charge on any atom is 0.124 e. The molecular weight excluding hydrogens is 222 g/mol. The highest BCUT2D eigenvalue weighted by Crippen LogP contribution is 2.22. The standard InChI is InChI=1S/C11H15N3OS/c12-11(16)10-9(2-1-5-13-10)14-6-3-8(15)4-7-14/h1-2,5,8,15H,3-4,6-7H2,(H2,12,16). The highest BCUT2D eigenvalue weighted by Gasteiger charge is 2.20. The van der Waals surface area contributed by atoms with Crippen molar-refractivity contribution in [2.45, 2.75) is 18.9 Å². The first-order valence-corrected chi connectivity index (χ1v) is 5.77. The second-order valence-corrected chi connectivity index (χ2v) is 4.39. The van der Waals surface area contributed by atoms with Gasteiger partial charge in [0.2, 0.25) is 0 Å². The van der Waals surface area contributed by atoms with Crippen LogP contribution in [0.15, 0.2) is 18.3 Å². The molecule has 1 aromatic rings. The Labute approximate surface area is 100 Å². The zero-order chi connectivity index (χ0) is 11.5. The lowest BCUT2D eigenvalue weighted by Crippen LogP contribution is -2.37. The van der Waals surface area contributed by atoms with E-state index in [2.05, 4.69) is 9.88 Å². The topological polar surface area (TPSA) is 62.4 Å². The molecule has 1 aliphatic rings. The van der Waals surface area contributed by atoms with E-state index in [0.29, 0.717) is 10.7 Å². The number of aromatic nitrogens is 1. The van der Waals surface area contributed by atoms with E-state index in [-0.39, 0.29) is 6.10 Å². The number of piperidine rings is 1. The van der Waals surface area contributed by atoms with Crippen molar-refractivity contribution in [3.63, 3.8) is 0 Å². The number of nitrogens with two attached hydrogens (primary N) is 1. The van der Waals surface area contributed by atoms with Gasteiger partial charge in [0.25, 0.3) is 0 Å². The summed E-state index contributed by atoms with van der Waals surface area (Å²) in [4.78, 5) is 6.70. The number of hydrogen-bond acceptors (Lipinski definition) is 4. The first-order chi connectivity index (χ1) is 7.68. The molecule has 0 atom stereocenters. The summed E-state index contributed by atoms with van der Waals surface area (Å²) in [5.74, 6) is 0. The van der Waals surface area contributed by atoms with Crippen molar-refractivity contribution in [2.75, 3.05) is 18.0 Å². The molecule has 0 aliphatic carbocycles. The minimum Gasteiger partial charge on any atom is -0.393 e. The van der Waals surface area contributed by atoms with Gasteiger partial charge in [-0.3, -0.25) is 4.98 Å². The van der Waals surface area contributed by atoms with Crippen LogP contribution in [0.2, 0.25) is 0 Å².